The number of H-pyrrole nitrogens is 2. The summed E-state index contributed by atoms with van der Waals surface area (Å²) < 4.78 is 0. The number of hydrogen-bond donors (Lipinski definition) is 2. The van der Waals surface area contributed by atoms with E-state index in [-0.39, 0.29) is 0 Å². The zero-order chi connectivity index (χ0) is 27.9. The van der Waals surface area contributed by atoms with Gasteiger partial charge in [0.15, 0.2) is 0 Å². The van der Waals surface area contributed by atoms with Crippen molar-refractivity contribution in [2.45, 2.75) is 0 Å². The first kappa shape index (κ1) is 24.1. The van der Waals surface area contributed by atoms with Crippen molar-refractivity contribution < 1.29 is 0 Å². The van der Waals surface area contributed by atoms with Crippen LogP contribution in [0, 0.1) is 0 Å². The summed E-state index contributed by atoms with van der Waals surface area (Å²) in [5.41, 5.74) is 7.86. The third-order valence-electron chi connectivity index (χ3n) is 7.69. The summed E-state index contributed by atoms with van der Waals surface area (Å²) in [5, 5.41) is 7.96. The van der Waals surface area contributed by atoms with Crippen LogP contribution in [-0.4, -0.2) is 19.9 Å². The van der Waals surface area contributed by atoms with Crippen LogP contribution in [0.15, 0.2) is 121 Å². The van der Waals surface area contributed by atoms with Gasteiger partial charge in [0.2, 0.25) is 0 Å². The second kappa shape index (κ2) is 10.0. The van der Waals surface area contributed by atoms with E-state index in [1.807, 2.05) is 42.5 Å². The van der Waals surface area contributed by atoms with Crippen LogP contribution in [0.25, 0.3) is 78.7 Å². The minimum absolute atomic E-state index is 0.915. The molecule has 0 aliphatic carbocycles. The van der Waals surface area contributed by atoms with Gasteiger partial charge in [-0.1, -0.05) is 72.8 Å². The zero-order valence-corrected chi connectivity index (χ0v) is 22.8. The van der Waals surface area contributed by atoms with Gasteiger partial charge in [-0.3, -0.25) is 0 Å². The summed E-state index contributed by atoms with van der Waals surface area (Å²) in [6.07, 6.45) is 8.05. The van der Waals surface area contributed by atoms with E-state index in [9.17, 15) is 0 Å². The summed E-state index contributed by atoms with van der Waals surface area (Å²) in [6.45, 7) is 0. The van der Waals surface area contributed by atoms with Crippen LogP contribution in [-0.2, 0) is 0 Å². The van der Waals surface area contributed by atoms with E-state index >= 15 is 0 Å². The van der Waals surface area contributed by atoms with Crippen molar-refractivity contribution in [1.29, 1.82) is 0 Å². The average molecular weight is 539 g/mol. The van der Waals surface area contributed by atoms with Crippen molar-refractivity contribution in [3.8, 4) is 0 Å². The molecule has 3 aromatic heterocycles. The second-order valence-corrected chi connectivity index (χ2v) is 10.6. The van der Waals surface area contributed by atoms with Gasteiger partial charge in [-0.25, -0.2) is 9.97 Å². The number of hydrogen-bond acceptors (Lipinski definition) is 2. The molecule has 4 nitrogen and oxygen atoms in total. The van der Waals surface area contributed by atoms with Crippen LogP contribution in [0.2, 0.25) is 0 Å². The predicted octanol–water partition coefficient (Wildman–Crippen LogP) is 9.80. The number of aromatic nitrogens is 4. The average Bonchev–Trinajstić information content (AvgIpc) is 3.84. The molecule has 0 saturated heterocycles. The summed E-state index contributed by atoms with van der Waals surface area (Å²) in [4.78, 5) is 16.0. The molecule has 2 aliphatic rings. The first-order valence-corrected chi connectivity index (χ1v) is 14.1. The van der Waals surface area contributed by atoms with Crippen LogP contribution >= 0.6 is 0 Å². The fraction of sp³-hybridized carbons (Fsp3) is 0. The fourth-order valence-corrected chi connectivity index (χ4v) is 5.71. The SMILES string of the molecule is C1=Cc2cc3ccc(cc4ccc(cc5nc(cc1n2)C=C5)[nH]4)[nH]3.c1ccc2c(c1)ccc1c3ccccc3ccc21. The lowest BCUT2D eigenvalue weighted by Crippen LogP contribution is -1.79. The van der Waals surface area contributed by atoms with E-state index in [2.05, 4.69) is 123 Å². The molecule has 0 atom stereocenters. The van der Waals surface area contributed by atoms with E-state index < -0.39 is 0 Å². The van der Waals surface area contributed by atoms with Crippen molar-refractivity contribution in [3.63, 3.8) is 0 Å². The summed E-state index contributed by atoms with van der Waals surface area (Å²) in [6, 6.07) is 42.4. The Hall–Kier alpha value is -5.74. The summed E-state index contributed by atoms with van der Waals surface area (Å²) in [7, 11) is 0. The van der Waals surface area contributed by atoms with Crippen molar-refractivity contribution in [1.82, 2.24) is 19.9 Å². The third-order valence-corrected chi connectivity index (χ3v) is 7.69. The van der Waals surface area contributed by atoms with Gasteiger partial charge in [0.1, 0.15) is 0 Å². The molecule has 0 unspecified atom stereocenters. The van der Waals surface area contributed by atoms with Crippen molar-refractivity contribution in [2.24, 2.45) is 0 Å². The molecule has 0 spiro atoms. The molecule has 4 heteroatoms. The van der Waals surface area contributed by atoms with E-state index in [0.29, 0.717) is 0 Å². The fourth-order valence-electron chi connectivity index (χ4n) is 5.71. The van der Waals surface area contributed by atoms with Crippen LogP contribution in [0.4, 0.5) is 0 Å². The van der Waals surface area contributed by atoms with Crippen LogP contribution in [0.3, 0.4) is 0 Å². The minimum Gasteiger partial charge on any atom is -0.355 e. The van der Waals surface area contributed by atoms with Crippen LogP contribution < -0.4 is 0 Å². The third kappa shape index (κ3) is 4.65. The van der Waals surface area contributed by atoms with Gasteiger partial charge in [-0.05, 0) is 105 Å². The molecule has 0 fully saturated rings. The Bertz CT molecular complexity index is 2210. The lowest BCUT2D eigenvalue weighted by atomic mass is 9.97. The molecular weight excluding hydrogens is 512 g/mol. The van der Waals surface area contributed by atoms with E-state index in [4.69, 9.17) is 0 Å². The highest BCUT2D eigenvalue weighted by atomic mass is 14.8. The molecule has 5 heterocycles. The zero-order valence-electron chi connectivity index (χ0n) is 22.8. The number of nitrogens with one attached hydrogen (secondary N) is 2. The highest BCUT2D eigenvalue weighted by Crippen LogP contribution is 2.30. The molecule has 0 amide bonds. The standard InChI is InChI=1S/C20H14N4.C18H12/c1-2-14-10-16-5-6-18(23-16)12-20-8-7-19(24-20)11-17-4-3-15(22-17)9-13(1)21-14;1-3-7-15-13(5-1)9-11-18-16-8-4-2-6-14(16)10-12-17(15)18/h1-12,21-22H;1-12H. The molecule has 7 aromatic rings. The number of fused-ring (bicyclic) bond motifs is 13. The topological polar surface area (TPSA) is 57.4 Å². The highest BCUT2D eigenvalue weighted by molar-refractivity contribution is 6.17. The number of aromatic amines is 2. The molecular formula is C38H26N4. The quantitative estimate of drug-likeness (QED) is 0.189. The molecule has 0 saturated carbocycles. The molecule has 2 N–H and O–H groups in total. The largest absolute Gasteiger partial charge is 0.355 e. The Morgan fingerprint density at radius 3 is 1.21 bits per heavy atom. The minimum atomic E-state index is 0.915. The molecule has 42 heavy (non-hydrogen) atoms. The first-order valence-electron chi connectivity index (χ1n) is 14.1. The van der Waals surface area contributed by atoms with Crippen molar-refractivity contribution in [2.75, 3.05) is 0 Å². The maximum atomic E-state index is 4.62. The lowest BCUT2D eigenvalue weighted by molar-refractivity contribution is 1.28. The molecule has 2 aliphatic heterocycles. The lowest BCUT2D eigenvalue weighted by Gasteiger charge is -2.07. The van der Waals surface area contributed by atoms with Gasteiger partial charge < -0.3 is 9.97 Å². The predicted molar refractivity (Wildman–Crippen MR) is 178 cm³/mol. The maximum Gasteiger partial charge on any atom is 0.0659 e. The van der Waals surface area contributed by atoms with Gasteiger partial charge in [0, 0.05) is 22.1 Å². The Morgan fingerprint density at radius 2 is 0.738 bits per heavy atom. The molecule has 9 rings (SSSR count). The number of rotatable bonds is 0. The Labute approximate surface area is 242 Å². The van der Waals surface area contributed by atoms with Gasteiger partial charge in [0.25, 0.3) is 0 Å². The van der Waals surface area contributed by atoms with Gasteiger partial charge in [-0.15, -0.1) is 0 Å². The van der Waals surface area contributed by atoms with E-state index in [1.165, 1.54) is 32.3 Å². The number of nitrogens with zero attached hydrogens (tertiary/aromatic N) is 2. The first-order chi connectivity index (χ1) is 20.7. The Morgan fingerprint density at radius 1 is 0.333 bits per heavy atom. The summed E-state index contributed by atoms with van der Waals surface area (Å²) >= 11 is 0. The van der Waals surface area contributed by atoms with Crippen molar-refractivity contribution in [3.05, 3.63) is 144 Å². The normalized spacial score (nSPS) is 12.1. The Balaban J connectivity index is 0.000000132. The van der Waals surface area contributed by atoms with Crippen LogP contribution in [0.5, 0.6) is 0 Å². The summed E-state index contributed by atoms with van der Waals surface area (Å²) in [5.74, 6) is 0. The molecule has 8 bridgehead atoms. The maximum absolute atomic E-state index is 4.62. The molecule has 198 valence electrons. The highest BCUT2D eigenvalue weighted by Gasteiger charge is 2.04. The second-order valence-electron chi connectivity index (χ2n) is 10.6. The van der Waals surface area contributed by atoms with Crippen LogP contribution in [0.1, 0.15) is 22.8 Å². The molecule has 4 aromatic carbocycles. The van der Waals surface area contributed by atoms with Gasteiger partial charge in [-0.2, -0.15) is 0 Å². The van der Waals surface area contributed by atoms with E-state index in [0.717, 1.165) is 44.8 Å². The Kier molecular flexibility index (Phi) is 5.75. The molecule has 0 radical (unpaired) electrons. The van der Waals surface area contributed by atoms with Crippen molar-refractivity contribution >= 4 is 78.7 Å². The number of benzene rings is 4. The van der Waals surface area contributed by atoms with Gasteiger partial charge >= 0.3 is 0 Å². The van der Waals surface area contributed by atoms with E-state index in [1.54, 1.807) is 0 Å². The monoisotopic (exact) mass is 538 g/mol. The van der Waals surface area contributed by atoms with Gasteiger partial charge in [0.05, 0.1) is 22.8 Å². The smallest absolute Gasteiger partial charge is 0.0659 e.